The number of rotatable bonds is 8. The molecule has 0 saturated heterocycles. The molecule has 1 heterocycles. The topological polar surface area (TPSA) is 43.2 Å². The molecule has 0 spiro atoms. The molecule has 4 rings (SSSR count). The van der Waals surface area contributed by atoms with Crippen LogP contribution in [-0.2, 0) is 4.74 Å². The molecule has 0 bridgehead atoms. The van der Waals surface area contributed by atoms with Gasteiger partial charge in [0.1, 0.15) is 17.6 Å². The zero-order chi connectivity index (χ0) is 24.2. The number of fused-ring (bicyclic) bond motifs is 2. The average Bonchev–Trinajstić information content (AvgIpc) is 2.88. The first-order valence-corrected chi connectivity index (χ1v) is 12.3. The predicted molar refractivity (Wildman–Crippen MR) is 137 cm³/mol. The van der Waals surface area contributed by atoms with Crippen LogP contribution in [0.2, 0.25) is 0 Å². The number of benzene rings is 2. The zero-order valence-corrected chi connectivity index (χ0v) is 20.9. The highest BCUT2D eigenvalue weighted by Crippen LogP contribution is 2.45. The minimum Gasteiger partial charge on any atom is -0.465 e. The van der Waals surface area contributed by atoms with Crippen LogP contribution in [0, 0.1) is 0 Å². The maximum Gasteiger partial charge on any atom is 0.338 e. The van der Waals surface area contributed by atoms with E-state index in [0.29, 0.717) is 5.56 Å². The molecule has 5 nitrogen and oxygen atoms in total. The molecule has 0 amide bonds. The Hall–Kier alpha value is -3.31. The fourth-order valence-electron chi connectivity index (χ4n) is 4.99. The van der Waals surface area contributed by atoms with E-state index in [2.05, 4.69) is 69.0 Å². The largest absolute Gasteiger partial charge is 0.465 e. The van der Waals surface area contributed by atoms with Crippen LogP contribution in [-0.4, -0.2) is 45.3 Å². The number of methoxy groups -OCH3 is 1. The Kier molecular flexibility index (Phi) is 7.23. The van der Waals surface area contributed by atoms with Crippen LogP contribution >= 0.6 is 0 Å². The molecule has 178 valence electrons. The van der Waals surface area contributed by atoms with E-state index in [-0.39, 0.29) is 12.0 Å². The van der Waals surface area contributed by atoms with Gasteiger partial charge in [0.2, 0.25) is 0 Å². The smallest absolute Gasteiger partial charge is 0.338 e. The van der Waals surface area contributed by atoms with Crippen LogP contribution in [0.15, 0.2) is 72.0 Å². The van der Waals surface area contributed by atoms with Gasteiger partial charge in [-0.1, -0.05) is 18.2 Å². The van der Waals surface area contributed by atoms with E-state index >= 15 is 0 Å². The van der Waals surface area contributed by atoms with E-state index < -0.39 is 0 Å². The lowest BCUT2D eigenvalue weighted by Crippen LogP contribution is -3.14. The molecule has 1 N–H and O–H groups in total. The van der Waals surface area contributed by atoms with Gasteiger partial charge in [-0.25, -0.2) is 4.79 Å². The van der Waals surface area contributed by atoms with E-state index in [0.717, 1.165) is 65.6 Å². The molecule has 0 saturated carbocycles. The van der Waals surface area contributed by atoms with Crippen molar-refractivity contribution in [2.75, 3.05) is 38.2 Å². The highest BCUT2D eigenvalue weighted by Gasteiger charge is 2.31. The molecule has 0 radical (unpaired) electrons. The number of ether oxygens (including phenoxy) is 2. The number of allylic oxidation sites excluding steroid dienone is 1. The van der Waals surface area contributed by atoms with Crippen molar-refractivity contribution >= 4 is 17.2 Å². The molecule has 0 fully saturated rings. The molecule has 2 aliphatic rings. The highest BCUT2D eigenvalue weighted by molar-refractivity contribution is 6.01. The Bertz CT molecular complexity index is 1150. The van der Waals surface area contributed by atoms with Gasteiger partial charge in [-0.15, -0.1) is 0 Å². The van der Waals surface area contributed by atoms with Gasteiger partial charge in [0.05, 0.1) is 25.8 Å². The Morgan fingerprint density at radius 3 is 2.44 bits per heavy atom. The Morgan fingerprint density at radius 2 is 1.76 bits per heavy atom. The van der Waals surface area contributed by atoms with Crippen molar-refractivity contribution in [2.45, 2.75) is 33.7 Å². The third-order valence-corrected chi connectivity index (χ3v) is 6.90. The Labute approximate surface area is 203 Å². The molecule has 5 heteroatoms. The van der Waals surface area contributed by atoms with E-state index in [1.165, 1.54) is 12.0 Å². The van der Waals surface area contributed by atoms with Crippen LogP contribution in [0.25, 0.3) is 5.57 Å². The molecule has 2 aromatic carbocycles. The summed E-state index contributed by atoms with van der Waals surface area (Å²) in [5.74, 6) is 1.33. The van der Waals surface area contributed by atoms with Crippen molar-refractivity contribution in [1.29, 1.82) is 0 Å². The summed E-state index contributed by atoms with van der Waals surface area (Å²) in [6, 6.07) is 14.3. The van der Waals surface area contributed by atoms with Crippen molar-refractivity contribution < 1.29 is 19.2 Å². The van der Waals surface area contributed by atoms with Gasteiger partial charge in [0.15, 0.2) is 0 Å². The molecule has 1 atom stereocenters. The number of carbonyl (C=O) groups excluding carboxylic acids is 1. The van der Waals surface area contributed by atoms with Gasteiger partial charge < -0.3 is 19.3 Å². The summed E-state index contributed by atoms with van der Waals surface area (Å²) in [7, 11) is 1.43. The minimum absolute atomic E-state index is 0.248. The van der Waals surface area contributed by atoms with Crippen molar-refractivity contribution in [3.63, 3.8) is 0 Å². The van der Waals surface area contributed by atoms with Gasteiger partial charge in [0, 0.05) is 47.6 Å². The lowest BCUT2D eigenvalue weighted by Gasteiger charge is -2.31. The number of hydrogen-bond acceptors (Lipinski definition) is 4. The summed E-state index contributed by atoms with van der Waals surface area (Å²) >= 11 is 0. The van der Waals surface area contributed by atoms with Gasteiger partial charge in [-0.3, -0.25) is 0 Å². The first-order valence-electron chi connectivity index (χ1n) is 12.3. The van der Waals surface area contributed by atoms with Crippen LogP contribution in [0.3, 0.4) is 0 Å². The van der Waals surface area contributed by atoms with Crippen molar-refractivity contribution in [3.8, 4) is 5.75 Å². The highest BCUT2D eigenvalue weighted by atomic mass is 16.5. The summed E-state index contributed by atoms with van der Waals surface area (Å²) in [5, 5.41) is 0. The summed E-state index contributed by atoms with van der Waals surface area (Å²) in [4.78, 5) is 16.5. The van der Waals surface area contributed by atoms with Crippen molar-refractivity contribution in [2.24, 2.45) is 0 Å². The number of nitrogens with one attached hydrogen (secondary N) is 1. The minimum atomic E-state index is -0.340. The fourth-order valence-corrected chi connectivity index (χ4v) is 4.99. The lowest BCUT2D eigenvalue weighted by atomic mass is 9.85. The Morgan fingerprint density at radius 1 is 1.03 bits per heavy atom. The number of quaternary nitrogens is 1. The van der Waals surface area contributed by atoms with Gasteiger partial charge >= 0.3 is 5.97 Å². The van der Waals surface area contributed by atoms with Crippen molar-refractivity contribution in [3.05, 3.63) is 88.7 Å². The van der Waals surface area contributed by atoms with Crippen molar-refractivity contribution in [1.82, 2.24) is 0 Å². The average molecular weight is 460 g/mol. The third-order valence-electron chi connectivity index (χ3n) is 6.90. The number of nitrogens with zero attached hydrogens (tertiary/aromatic N) is 1. The monoisotopic (exact) mass is 459 g/mol. The van der Waals surface area contributed by atoms with Crippen LogP contribution in [0.1, 0.15) is 49.2 Å². The summed E-state index contributed by atoms with van der Waals surface area (Å²) < 4.78 is 11.7. The van der Waals surface area contributed by atoms with Crippen LogP contribution in [0.5, 0.6) is 5.75 Å². The molecule has 2 aromatic rings. The Balaban J connectivity index is 1.94. The summed E-state index contributed by atoms with van der Waals surface area (Å²) in [6.07, 6.45) is 6.64. The maximum absolute atomic E-state index is 12.7. The first kappa shape index (κ1) is 23.8. The number of anilines is 1. The normalized spacial score (nSPS) is 16.5. The number of hydrogen-bond donors (Lipinski definition) is 1. The van der Waals surface area contributed by atoms with E-state index in [4.69, 9.17) is 9.47 Å². The second-order valence-electron chi connectivity index (χ2n) is 8.56. The molecule has 34 heavy (non-hydrogen) atoms. The molecule has 1 aliphatic heterocycles. The number of likely N-dealkylation sites (N-methyl/N-ethyl adjacent to an activating group) is 1. The second kappa shape index (κ2) is 10.3. The van der Waals surface area contributed by atoms with E-state index in [1.807, 2.05) is 24.3 Å². The fraction of sp³-hybridized carbons (Fsp3) is 0.345. The molecule has 0 aromatic heterocycles. The third kappa shape index (κ3) is 4.28. The number of esters is 1. The molecular formula is C29H35N2O3+. The first-order chi connectivity index (χ1) is 16.6. The predicted octanol–water partition coefficient (Wildman–Crippen LogP) is 4.26. The van der Waals surface area contributed by atoms with Crippen LogP contribution < -0.4 is 14.5 Å². The number of carbonyl (C=O) groups is 1. The quantitative estimate of drug-likeness (QED) is 0.599. The van der Waals surface area contributed by atoms with Gasteiger partial charge in [0.25, 0.3) is 0 Å². The van der Waals surface area contributed by atoms with Crippen LogP contribution in [0.4, 0.5) is 5.69 Å². The van der Waals surface area contributed by atoms with Gasteiger partial charge in [-0.05, 0) is 63.6 Å². The van der Waals surface area contributed by atoms with E-state index in [1.54, 1.807) is 0 Å². The SMILES string of the molecule is CCN(CC)c1ccc2c(c1)OC1=CC([NH+](CC)CC)C=CC1=C2c1ccccc1C(=O)OC. The molecule has 1 aliphatic carbocycles. The van der Waals surface area contributed by atoms with Gasteiger partial charge in [-0.2, -0.15) is 0 Å². The van der Waals surface area contributed by atoms with E-state index in [9.17, 15) is 4.79 Å². The standard InChI is InChI=1S/C29H34N2O3/c1-6-30(7-2)20-14-16-24-26(18-20)34-27-19-21(31(8-3)9-4)15-17-25(27)28(24)22-12-10-11-13-23(22)29(32)33-5/h10-20H,6-9H2,1-5H3/p+1. The second-order valence-corrected chi connectivity index (χ2v) is 8.56. The maximum atomic E-state index is 12.7. The zero-order valence-electron chi connectivity index (χ0n) is 20.9. The summed E-state index contributed by atoms with van der Waals surface area (Å²) in [5.41, 5.74) is 5.53. The molecule has 1 unspecified atom stereocenters. The lowest BCUT2D eigenvalue weighted by molar-refractivity contribution is -0.908. The summed E-state index contributed by atoms with van der Waals surface area (Å²) in [6.45, 7) is 12.7. The molecular weight excluding hydrogens is 424 g/mol.